The first-order chi connectivity index (χ1) is 8.09. The van der Waals surface area contributed by atoms with Crippen molar-refractivity contribution in [3.63, 3.8) is 0 Å². The van der Waals surface area contributed by atoms with Gasteiger partial charge in [0.1, 0.15) is 6.04 Å². The van der Waals surface area contributed by atoms with Crippen molar-refractivity contribution in [2.75, 3.05) is 13.1 Å². The molecule has 0 aromatic heterocycles. The van der Waals surface area contributed by atoms with Gasteiger partial charge in [-0.15, -0.1) is 12.4 Å². The maximum absolute atomic E-state index is 12.3. The number of nitrogens with two attached hydrogens (primary N) is 1. The Kier molecular flexibility index (Phi) is 5.41. The van der Waals surface area contributed by atoms with Gasteiger partial charge in [-0.3, -0.25) is 9.59 Å². The Morgan fingerprint density at radius 1 is 1.44 bits per heavy atom. The predicted molar refractivity (Wildman–Crippen MR) is 71.4 cm³/mol. The SMILES string of the molecule is CC1C(=O)NCCN1C(=O)C1CCCC(N)C1.Cl. The molecule has 0 bridgehead atoms. The lowest BCUT2D eigenvalue weighted by Gasteiger charge is -2.37. The molecule has 0 aromatic carbocycles. The zero-order chi connectivity index (χ0) is 12.4. The molecule has 1 saturated carbocycles. The first-order valence-corrected chi connectivity index (χ1v) is 6.43. The number of halogens is 1. The highest BCUT2D eigenvalue weighted by molar-refractivity contribution is 5.89. The van der Waals surface area contributed by atoms with E-state index in [1.807, 2.05) is 0 Å². The van der Waals surface area contributed by atoms with Crippen molar-refractivity contribution in [1.82, 2.24) is 10.2 Å². The van der Waals surface area contributed by atoms with E-state index >= 15 is 0 Å². The number of rotatable bonds is 1. The minimum atomic E-state index is -0.339. The van der Waals surface area contributed by atoms with Crippen LogP contribution in [0.25, 0.3) is 0 Å². The fraction of sp³-hybridized carbons (Fsp3) is 0.833. The largest absolute Gasteiger partial charge is 0.353 e. The van der Waals surface area contributed by atoms with Crippen LogP contribution in [0.5, 0.6) is 0 Å². The first kappa shape index (κ1) is 15.2. The highest BCUT2D eigenvalue weighted by Gasteiger charge is 2.34. The molecular weight excluding hydrogens is 254 g/mol. The van der Waals surface area contributed by atoms with Crippen molar-refractivity contribution >= 4 is 24.2 Å². The maximum Gasteiger partial charge on any atom is 0.242 e. The minimum absolute atomic E-state index is 0. The Hall–Kier alpha value is -0.810. The number of nitrogens with zero attached hydrogens (tertiary/aromatic N) is 1. The van der Waals surface area contributed by atoms with E-state index < -0.39 is 0 Å². The highest BCUT2D eigenvalue weighted by Crippen LogP contribution is 2.26. The van der Waals surface area contributed by atoms with Gasteiger partial charge in [0, 0.05) is 25.0 Å². The van der Waals surface area contributed by atoms with E-state index in [1.54, 1.807) is 11.8 Å². The van der Waals surface area contributed by atoms with Gasteiger partial charge in [0.2, 0.25) is 11.8 Å². The summed E-state index contributed by atoms with van der Waals surface area (Å²) in [6.45, 7) is 2.97. The summed E-state index contributed by atoms with van der Waals surface area (Å²) >= 11 is 0. The molecule has 1 heterocycles. The van der Waals surface area contributed by atoms with Crippen LogP contribution in [0.3, 0.4) is 0 Å². The van der Waals surface area contributed by atoms with Crippen LogP contribution >= 0.6 is 12.4 Å². The van der Waals surface area contributed by atoms with Gasteiger partial charge < -0.3 is 16.0 Å². The fourth-order valence-electron chi connectivity index (χ4n) is 2.77. The summed E-state index contributed by atoms with van der Waals surface area (Å²) in [5.41, 5.74) is 5.90. The molecule has 0 radical (unpaired) electrons. The van der Waals surface area contributed by atoms with E-state index in [0.717, 1.165) is 25.7 Å². The molecule has 6 heteroatoms. The number of hydrogen-bond donors (Lipinski definition) is 2. The Morgan fingerprint density at radius 2 is 2.17 bits per heavy atom. The molecule has 1 saturated heterocycles. The molecule has 104 valence electrons. The monoisotopic (exact) mass is 275 g/mol. The Balaban J connectivity index is 0.00000162. The van der Waals surface area contributed by atoms with E-state index in [4.69, 9.17) is 5.73 Å². The molecule has 1 aliphatic heterocycles. The van der Waals surface area contributed by atoms with Gasteiger partial charge in [-0.25, -0.2) is 0 Å². The van der Waals surface area contributed by atoms with Crippen LogP contribution in [-0.4, -0.2) is 41.9 Å². The zero-order valence-electron chi connectivity index (χ0n) is 10.7. The highest BCUT2D eigenvalue weighted by atomic mass is 35.5. The fourth-order valence-corrected chi connectivity index (χ4v) is 2.77. The lowest BCUT2D eigenvalue weighted by Crippen LogP contribution is -2.57. The van der Waals surface area contributed by atoms with Crippen molar-refractivity contribution in [3.05, 3.63) is 0 Å². The van der Waals surface area contributed by atoms with E-state index in [0.29, 0.717) is 13.1 Å². The Labute approximate surface area is 114 Å². The third-order valence-corrected chi connectivity index (χ3v) is 3.85. The molecule has 2 aliphatic rings. The summed E-state index contributed by atoms with van der Waals surface area (Å²) in [5, 5.41) is 2.77. The zero-order valence-corrected chi connectivity index (χ0v) is 11.5. The lowest BCUT2D eigenvalue weighted by molar-refractivity contribution is -0.146. The number of piperazine rings is 1. The molecule has 3 atom stereocenters. The first-order valence-electron chi connectivity index (χ1n) is 6.43. The van der Waals surface area contributed by atoms with Gasteiger partial charge in [-0.05, 0) is 26.2 Å². The van der Waals surface area contributed by atoms with Crippen LogP contribution < -0.4 is 11.1 Å². The van der Waals surface area contributed by atoms with E-state index in [-0.39, 0.29) is 42.2 Å². The summed E-state index contributed by atoms with van der Waals surface area (Å²) in [6, 6.07) is -0.193. The normalized spacial score (nSPS) is 32.4. The summed E-state index contributed by atoms with van der Waals surface area (Å²) in [4.78, 5) is 25.6. The van der Waals surface area contributed by atoms with Crippen molar-refractivity contribution in [3.8, 4) is 0 Å². The maximum atomic E-state index is 12.3. The van der Waals surface area contributed by atoms with Crippen molar-refractivity contribution < 1.29 is 9.59 Å². The number of nitrogens with one attached hydrogen (secondary N) is 1. The molecule has 18 heavy (non-hydrogen) atoms. The summed E-state index contributed by atoms with van der Waals surface area (Å²) in [5.74, 6) is 0.0827. The topological polar surface area (TPSA) is 75.4 Å². The van der Waals surface area contributed by atoms with Crippen molar-refractivity contribution in [2.24, 2.45) is 11.7 Å². The second-order valence-electron chi connectivity index (χ2n) is 5.12. The average molecular weight is 276 g/mol. The number of amides is 2. The Morgan fingerprint density at radius 3 is 2.83 bits per heavy atom. The Bertz CT molecular complexity index is 324. The average Bonchev–Trinajstić information content (AvgIpc) is 2.32. The number of carbonyl (C=O) groups is 2. The van der Waals surface area contributed by atoms with Crippen LogP contribution in [0.15, 0.2) is 0 Å². The summed E-state index contributed by atoms with van der Waals surface area (Å²) in [6.07, 6.45) is 3.72. The number of hydrogen-bond acceptors (Lipinski definition) is 3. The smallest absolute Gasteiger partial charge is 0.242 e. The molecule has 1 aliphatic carbocycles. The standard InChI is InChI=1S/C12H21N3O2.ClH/c1-8-11(16)14-5-6-15(8)12(17)9-3-2-4-10(13)7-9;/h8-10H,2-7,13H2,1H3,(H,14,16);1H. The lowest BCUT2D eigenvalue weighted by atomic mass is 9.85. The number of carbonyl (C=O) groups excluding carboxylic acids is 2. The molecule has 3 N–H and O–H groups in total. The second kappa shape index (κ2) is 6.38. The third kappa shape index (κ3) is 3.14. The predicted octanol–water partition coefficient (Wildman–Crippen LogP) is 0.273. The van der Waals surface area contributed by atoms with Gasteiger partial charge in [0.25, 0.3) is 0 Å². The van der Waals surface area contributed by atoms with E-state index in [9.17, 15) is 9.59 Å². The van der Waals surface area contributed by atoms with Crippen molar-refractivity contribution in [2.45, 2.75) is 44.7 Å². The molecule has 3 unspecified atom stereocenters. The van der Waals surface area contributed by atoms with Crippen LogP contribution in [0.4, 0.5) is 0 Å². The van der Waals surface area contributed by atoms with Crippen LogP contribution in [0.2, 0.25) is 0 Å². The van der Waals surface area contributed by atoms with E-state index in [1.165, 1.54) is 0 Å². The van der Waals surface area contributed by atoms with Crippen molar-refractivity contribution in [1.29, 1.82) is 0 Å². The third-order valence-electron chi connectivity index (χ3n) is 3.85. The molecule has 5 nitrogen and oxygen atoms in total. The summed E-state index contributed by atoms with van der Waals surface area (Å²) < 4.78 is 0. The molecular formula is C12H22ClN3O2. The minimum Gasteiger partial charge on any atom is -0.353 e. The van der Waals surface area contributed by atoms with Gasteiger partial charge in [-0.1, -0.05) is 6.42 Å². The molecule has 2 fully saturated rings. The molecule has 0 spiro atoms. The summed E-state index contributed by atoms with van der Waals surface area (Å²) in [7, 11) is 0. The van der Waals surface area contributed by atoms with Gasteiger partial charge in [-0.2, -0.15) is 0 Å². The van der Waals surface area contributed by atoms with Crippen LogP contribution in [0, 0.1) is 5.92 Å². The van der Waals surface area contributed by atoms with Gasteiger partial charge in [0.15, 0.2) is 0 Å². The molecule has 2 rings (SSSR count). The molecule has 2 amide bonds. The van der Waals surface area contributed by atoms with Crippen LogP contribution in [0.1, 0.15) is 32.6 Å². The van der Waals surface area contributed by atoms with Crippen LogP contribution in [-0.2, 0) is 9.59 Å². The van der Waals surface area contributed by atoms with Gasteiger partial charge in [0.05, 0.1) is 0 Å². The van der Waals surface area contributed by atoms with E-state index in [2.05, 4.69) is 5.32 Å². The van der Waals surface area contributed by atoms with Gasteiger partial charge >= 0.3 is 0 Å². The second-order valence-corrected chi connectivity index (χ2v) is 5.12. The quantitative estimate of drug-likeness (QED) is 0.721. The molecule has 0 aromatic rings.